The molecule has 1 aliphatic heterocycles. The molecule has 0 aromatic carbocycles. The second-order valence-corrected chi connectivity index (χ2v) is 4.65. The molecule has 1 aliphatic carbocycles. The smallest absolute Gasteiger partial charge is 0.243 e. The lowest BCUT2D eigenvalue weighted by molar-refractivity contribution is -0.0302. The van der Waals surface area contributed by atoms with Crippen LogP contribution in [0.15, 0.2) is 0 Å². The summed E-state index contributed by atoms with van der Waals surface area (Å²) in [6.45, 7) is 1.91. The molecule has 2 unspecified atom stereocenters. The predicted molar refractivity (Wildman–Crippen MR) is 60.4 cm³/mol. The molecule has 17 heavy (non-hydrogen) atoms. The summed E-state index contributed by atoms with van der Waals surface area (Å²) in [5.41, 5.74) is 5.08. The molecule has 3 atom stereocenters. The normalized spacial score (nSPS) is 31.4. The maximum absolute atomic E-state index is 12.0. The standard InChI is InChI=1S/C7H12F2O.C4H10N2O/c8-7(9)5-3-1-2-4-6(5)10;5-4(7)6-2-1-3-6/h5-7,10H,1-4H2;4,7H,1-3,5H2/t5?,6-;/m0./s1. The minimum Gasteiger partial charge on any atom is -0.393 e. The Kier molecular flexibility index (Phi) is 6.26. The highest BCUT2D eigenvalue weighted by atomic mass is 19.3. The zero-order chi connectivity index (χ0) is 12.8. The summed E-state index contributed by atoms with van der Waals surface area (Å²) in [6, 6.07) is 0. The van der Waals surface area contributed by atoms with Crippen LogP contribution in [0.2, 0.25) is 0 Å². The number of likely N-dealkylation sites (tertiary alicyclic amines) is 1. The van der Waals surface area contributed by atoms with Crippen molar-refractivity contribution in [3.8, 4) is 0 Å². The zero-order valence-electron chi connectivity index (χ0n) is 9.93. The van der Waals surface area contributed by atoms with E-state index >= 15 is 0 Å². The van der Waals surface area contributed by atoms with E-state index in [-0.39, 0.29) is 0 Å². The third-order valence-corrected chi connectivity index (χ3v) is 3.37. The van der Waals surface area contributed by atoms with Crippen LogP contribution in [-0.4, -0.2) is 47.1 Å². The molecule has 1 saturated carbocycles. The lowest BCUT2D eigenvalue weighted by atomic mass is 9.87. The fraction of sp³-hybridized carbons (Fsp3) is 1.00. The van der Waals surface area contributed by atoms with Crippen LogP contribution in [-0.2, 0) is 0 Å². The third kappa shape index (κ3) is 4.83. The topological polar surface area (TPSA) is 69.7 Å². The fourth-order valence-corrected chi connectivity index (χ4v) is 2.04. The van der Waals surface area contributed by atoms with Crippen molar-refractivity contribution in [2.45, 2.75) is 51.0 Å². The number of halogens is 2. The molecule has 0 aromatic rings. The first kappa shape index (κ1) is 14.8. The van der Waals surface area contributed by atoms with Gasteiger partial charge in [-0.15, -0.1) is 0 Å². The van der Waals surface area contributed by atoms with Gasteiger partial charge in [0, 0.05) is 19.0 Å². The minimum absolute atomic E-state index is 0.485. The highest BCUT2D eigenvalue weighted by Gasteiger charge is 2.30. The number of hydrogen-bond donors (Lipinski definition) is 3. The first-order valence-corrected chi connectivity index (χ1v) is 6.16. The maximum atomic E-state index is 12.0. The van der Waals surface area contributed by atoms with Crippen molar-refractivity contribution in [2.75, 3.05) is 13.1 Å². The summed E-state index contributed by atoms with van der Waals surface area (Å²) >= 11 is 0. The van der Waals surface area contributed by atoms with Gasteiger partial charge in [0.25, 0.3) is 0 Å². The van der Waals surface area contributed by atoms with Gasteiger partial charge in [0.15, 0.2) is 6.35 Å². The number of nitrogens with zero attached hydrogens (tertiary/aromatic N) is 1. The number of alkyl halides is 2. The second kappa shape index (κ2) is 7.20. The van der Waals surface area contributed by atoms with Crippen molar-refractivity contribution < 1.29 is 19.0 Å². The molecule has 2 fully saturated rings. The molecule has 2 rings (SSSR count). The molecule has 0 amide bonds. The Hall–Kier alpha value is -0.300. The van der Waals surface area contributed by atoms with Crippen molar-refractivity contribution in [1.82, 2.24) is 4.90 Å². The van der Waals surface area contributed by atoms with Gasteiger partial charge in [-0.1, -0.05) is 12.8 Å². The van der Waals surface area contributed by atoms with E-state index in [4.69, 9.17) is 15.9 Å². The van der Waals surface area contributed by atoms with Gasteiger partial charge in [-0.05, 0) is 19.3 Å². The summed E-state index contributed by atoms with van der Waals surface area (Å²) in [5.74, 6) is -0.756. The summed E-state index contributed by atoms with van der Waals surface area (Å²) < 4.78 is 24.0. The van der Waals surface area contributed by atoms with E-state index in [9.17, 15) is 8.78 Å². The van der Waals surface area contributed by atoms with Crippen molar-refractivity contribution in [1.29, 1.82) is 0 Å². The van der Waals surface area contributed by atoms with E-state index in [1.165, 1.54) is 6.42 Å². The summed E-state index contributed by atoms with van der Waals surface area (Å²) in [4.78, 5) is 1.81. The van der Waals surface area contributed by atoms with Crippen LogP contribution in [0, 0.1) is 5.92 Å². The molecule has 2 aliphatic rings. The van der Waals surface area contributed by atoms with Gasteiger partial charge in [0.2, 0.25) is 6.43 Å². The molecule has 0 bridgehead atoms. The number of hydrogen-bond acceptors (Lipinski definition) is 4. The van der Waals surface area contributed by atoms with Gasteiger partial charge < -0.3 is 10.2 Å². The Morgan fingerprint density at radius 3 is 1.94 bits per heavy atom. The predicted octanol–water partition coefficient (Wildman–Crippen LogP) is 0.729. The molecular formula is C11H22F2N2O2. The number of aliphatic hydroxyl groups is 2. The Bertz CT molecular complexity index is 214. The van der Waals surface area contributed by atoms with Gasteiger partial charge in [-0.3, -0.25) is 10.6 Å². The van der Waals surface area contributed by atoms with Crippen molar-refractivity contribution in [3.05, 3.63) is 0 Å². The lowest BCUT2D eigenvalue weighted by Crippen LogP contribution is -2.49. The Morgan fingerprint density at radius 1 is 1.12 bits per heavy atom. The SMILES string of the molecule is NC(O)N1CCC1.O[C@H]1CCCCC1C(F)F. The number of nitrogens with two attached hydrogens (primary N) is 1. The molecule has 4 N–H and O–H groups in total. The zero-order valence-corrected chi connectivity index (χ0v) is 9.93. The molecule has 1 heterocycles. The van der Waals surface area contributed by atoms with Crippen LogP contribution in [0.4, 0.5) is 8.78 Å². The van der Waals surface area contributed by atoms with Gasteiger partial charge >= 0.3 is 0 Å². The Balaban J connectivity index is 0.000000181. The van der Waals surface area contributed by atoms with E-state index in [0.717, 1.165) is 25.9 Å². The van der Waals surface area contributed by atoms with Gasteiger partial charge in [-0.25, -0.2) is 8.78 Å². The molecule has 102 valence electrons. The van der Waals surface area contributed by atoms with Crippen LogP contribution in [0.1, 0.15) is 32.1 Å². The first-order chi connectivity index (χ1) is 8.02. The van der Waals surface area contributed by atoms with Crippen LogP contribution in [0.5, 0.6) is 0 Å². The van der Waals surface area contributed by atoms with Gasteiger partial charge in [0.1, 0.15) is 0 Å². The van der Waals surface area contributed by atoms with Gasteiger partial charge in [0.05, 0.1) is 6.10 Å². The summed E-state index contributed by atoms with van der Waals surface area (Å²) in [6.07, 6.45) is 0.135. The third-order valence-electron chi connectivity index (χ3n) is 3.37. The van der Waals surface area contributed by atoms with E-state index in [0.29, 0.717) is 12.8 Å². The number of aliphatic hydroxyl groups excluding tert-OH is 2. The molecule has 0 aromatic heterocycles. The lowest BCUT2D eigenvalue weighted by Gasteiger charge is -2.32. The van der Waals surface area contributed by atoms with Crippen LogP contribution < -0.4 is 5.73 Å². The van der Waals surface area contributed by atoms with E-state index in [1.54, 1.807) is 4.90 Å². The molecule has 6 heteroatoms. The Morgan fingerprint density at radius 2 is 1.71 bits per heavy atom. The molecule has 0 spiro atoms. The molecular weight excluding hydrogens is 230 g/mol. The highest BCUT2D eigenvalue weighted by Crippen LogP contribution is 2.28. The van der Waals surface area contributed by atoms with Crippen molar-refractivity contribution >= 4 is 0 Å². The second-order valence-electron chi connectivity index (χ2n) is 4.65. The minimum atomic E-state index is -2.34. The van der Waals surface area contributed by atoms with E-state index in [1.807, 2.05) is 0 Å². The van der Waals surface area contributed by atoms with E-state index < -0.39 is 24.8 Å². The van der Waals surface area contributed by atoms with Gasteiger partial charge in [-0.2, -0.15) is 0 Å². The Labute approximate surface area is 100 Å². The average Bonchev–Trinajstić information content (AvgIpc) is 2.15. The average molecular weight is 252 g/mol. The van der Waals surface area contributed by atoms with E-state index in [2.05, 4.69) is 0 Å². The monoisotopic (exact) mass is 252 g/mol. The fourth-order valence-electron chi connectivity index (χ4n) is 2.04. The quantitative estimate of drug-likeness (QED) is 0.634. The van der Waals surface area contributed by atoms with Crippen molar-refractivity contribution in [3.63, 3.8) is 0 Å². The molecule has 1 saturated heterocycles. The summed E-state index contributed by atoms with van der Waals surface area (Å²) in [7, 11) is 0. The van der Waals surface area contributed by atoms with Crippen molar-refractivity contribution in [2.24, 2.45) is 11.7 Å². The van der Waals surface area contributed by atoms with Crippen LogP contribution >= 0.6 is 0 Å². The molecule has 4 nitrogen and oxygen atoms in total. The highest BCUT2D eigenvalue weighted by molar-refractivity contribution is 4.75. The summed E-state index contributed by atoms with van der Waals surface area (Å²) in [5, 5.41) is 17.6. The van der Waals surface area contributed by atoms with Crippen LogP contribution in [0.3, 0.4) is 0 Å². The largest absolute Gasteiger partial charge is 0.393 e. The number of rotatable bonds is 2. The molecule has 0 radical (unpaired) electrons. The van der Waals surface area contributed by atoms with Crippen LogP contribution in [0.25, 0.3) is 0 Å². The maximum Gasteiger partial charge on any atom is 0.243 e. The first-order valence-electron chi connectivity index (χ1n) is 6.16.